The number of carboxylic acids is 1. The van der Waals surface area contributed by atoms with Crippen LogP contribution in [0.25, 0.3) is 10.9 Å². The zero-order valence-corrected chi connectivity index (χ0v) is 12.1. The Kier molecular flexibility index (Phi) is 3.74. The van der Waals surface area contributed by atoms with Crippen LogP contribution >= 0.6 is 0 Å². The zero-order valence-electron chi connectivity index (χ0n) is 12.1. The first kappa shape index (κ1) is 14.1. The van der Waals surface area contributed by atoms with Crippen molar-refractivity contribution in [1.82, 2.24) is 4.98 Å². The number of hydrogen-bond donors (Lipinski definition) is 1. The van der Waals surface area contributed by atoms with Gasteiger partial charge in [-0.3, -0.25) is 0 Å². The van der Waals surface area contributed by atoms with Crippen LogP contribution < -0.4 is 4.74 Å². The minimum absolute atomic E-state index is 0.167. The van der Waals surface area contributed by atoms with Crippen molar-refractivity contribution in [2.45, 2.75) is 13.5 Å². The van der Waals surface area contributed by atoms with Gasteiger partial charge in [-0.1, -0.05) is 36.4 Å². The van der Waals surface area contributed by atoms with Gasteiger partial charge in [0.05, 0.1) is 11.2 Å². The smallest absolute Gasteiger partial charge is 0.339 e. The van der Waals surface area contributed by atoms with Gasteiger partial charge >= 0.3 is 5.97 Å². The van der Waals surface area contributed by atoms with E-state index >= 15 is 0 Å². The molecule has 0 aliphatic carbocycles. The molecule has 0 saturated heterocycles. The van der Waals surface area contributed by atoms with Crippen LogP contribution in [0.5, 0.6) is 5.75 Å². The van der Waals surface area contributed by atoms with Gasteiger partial charge in [0, 0.05) is 5.39 Å². The first-order valence-electron chi connectivity index (χ1n) is 6.95. The quantitative estimate of drug-likeness (QED) is 0.794. The minimum Gasteiger partial charge on any atom is -0.486 e. The monoisotopic (exact) mass is 293 g/mol. The van der Waals surface area contributed by atoms with Crippen LogP contribution in [0.15, 0.2) is 54.6 Å². The molecule has 3 rings (SSSR count). The first-order valence-corrected chi connectivity index (χ1v) is 6.95. The molecule has 0 bridgehead atoms. The average Bonchev–Trinajstić information content (AvgIpc) is 2.53. The predicted molar refractivity (Wildman–Crippen MR) is 84.2 cm³/mol. The van der Waals surface area contributed by atoms with Crippen molar-refractivity contribution in [3.8, 4) is 5.75 Å². The number of pyridine rings is 1. The van der Waals surface area contributed by atoms with Crippen LogP contribution in [0.3, 0.4) is 0 Å². The van der Waals surface area contributed by atoms with Crippen LogP contribution in [-0.4, -0.2) is 16.1 Å². The van der Waals surface area contributed by atoms with Gasteiger partial charge < -0.3 is 9.84 Å². The van der Waals surface area contributed by atoms with Crippen LogP contribution in [0.4, 0.5) is 0 Å². The highest BCUT2D eigenvalue weighted by atomic mass is 16.5. The molecule has 4 heteroatoms. The van der Waals surface area contributed by atoms with E-state index in [0.717, 1.165) is 22.2 Å². The van der Waals surface area contributed by atoms with Crippen molar-refractivity contribution in [1.29, 1.82) is 0 Å². The second kappa shape index (κ2) is 5.85. The SMILES string of the molecule is Cc1cccc(C(=O)O)c1OCc1ccc2ccccc2n1. The van der Waals surface area contributed by atoms with E-state index in [2.05, 4.69) is 4.98 Å². The summed E-state index contributed by atoms with van der Waals surface area (Å²) >= 11 is 0. The summed E-state index contributed by atoms with van der Waals surface area (Å²) in [4.78, 5) is 15.8. The molecule has 22 heavy (non-hydrogen) atoms. The Morgan fingerprint density at radius 1 is 1.09 bits per heavy atom. The van der Waals surface area contributed by atoms with Crippen molar-refractivity contribution in [2.24, 2.45) is 0 Å². The maximum atomic E-state index is 11.3. The number of carbonyl (C=O) groups is 1. The molecule has 0 saturated carbocycles. The number of ether oxygens (including phenoxy) is 1. The number of nitrogens with zero attached hydrogens (tertiary/aromatic N) is 1. The van der Waals surface area contributed by atoms with Gasteiger partial charge in [-0.25, -0.2) is 9.78 Å². The highest BCUT2D eigenvalue weighted by Gasteiger charge is 2.13. The fourth-order valence-electron chi connectivity index (χ4n) is 2.35. The summed E-state index contributed by atoms with van der Waals surface area (Å²) in [6.45, 7) is 2.06. The summed E-state index contributed by atoms with van der Waals surface area (Å²) in [5.41, 5.74) is 2.62. The van der Waals surface area contributed by atoms with Crippen LogP contribution in [0.1, 0.15) is 21.6 Å². The van der Waals surface area contributed by atoms with E-state index < -0.39 is 5.97 Å². The highest BCUT2D eigenvalue weighted by molar-refractivity contribution is 5.91. The Morgan fingerprint density at radius 2 is 1.91 bits per heavy atom. The van der Waals surface area contributed by atoms with E-state index in [0.29, 0.717) is 5.75 Å². The van der Waals surface area contributed by atoms with E-state index in [1.54, 1.807) is 12.1 Å². The van der Waals surface area contributed by atoms with E-state index in [-0.39, 0.29) is 12.2 Å². The van der Waals surface area contributed by atoms with Crippen molar-refractivity contribution >= 4 is 16.9 Å². The van der Waals surface area contributed by atoms with E-state index in [9.17, 15) is 9.90 Å². The van der Waals surface area contributed by atoms with Gasteiger partial charge in [0.25, 0.3) is 0 Å². The summed E-state index contributed by atoms with van der Waals surface area (Å²) in [5, 5.41) is 10.3. The van der Waals surface area contributed by atoms with Crippen LogP contribution in [0, 0.1) is 6.92 Å². The van der Waals surface area contributed by atoms with E-state index in [1.807, 2.05) is 49.4 Å². The summed E-state index contributed by atoms with van der Waals surface area (Å²) in [7, 11) is 0. The molecule has 0 radical (unpaired) electrons. The Hall–Kier alpha value is -2.88. The Balaban J connectivity index is 1.86. The number of fused-ring (bicyclic) bond motifs is 1. The third kappa shape index (κ3) is 2.76. The molecule has 4 nitrogen and oxygen atoms in total. The van der Waals surface area contributed by atoms with Gasteiger partial charge in [0.2, 0.25) is 0 Å². The highest BCUT2D eigenvalue weighted by Crippen LogP contribution is 2.24. The predicted octanol–water partition coefficient (Wildman–Crippen LogP) is 3.82. The number of hydrogen-bond acceptors (Lipinski definition) is 3. The number of aromatic nitrogens is 1. The lowest BCUT2D eigenvalue weighted by molar-refractivity contribution is 0.0691. The topological polar surface area (TPSA) is 59.4 Å². The summed E-state index contributed by atoms with van der Waals surface area (Å²) in [6.07, 6.45) is 0. The number of rotatable bonds is 4. The van der Waals surface area contributed by atoms with E-state index in [1.165, 1.54) is 0 Å². The Bertz CT molecular complexity index is 843. The van der Waals surface area contributed by atoms with Crippen LogP contribution in [-0.2, 0) is 6.61 Å². The molecule has 0 aliphatic heterocycles. The molecule has 1 N–H and O–H groups in total. The summed E-state index contributed by atoms with van der Waals surface area (Å²) < 4.78 is 5.72. The first-order chi connectivity index (χ1) is 10.6. The molecule has 0 amide bonds. The third-order valence-electron chi connectivity index (χ3n) is 3.46. The number of aryl methyl sites for hydroxylation is 1. The third-order valence-corrected chi connectivity index (χ3v) is 3.46. The largest absolute Gasteiger partial charge is 0.486 e. The molecule has 0 aliphatic rings. The zero-order chi connectivity index (χ0) is 15.5. The molecule has 0 spiro atoms. The molecule has 110 valence electrons. The molecule has 2 aromatic carbocycles. The molecule has 0 atom stereocenters. The van der Waals surface area contributed by atoms with Gasteiger partial charge in [0.15, 0.2) is 0 Å². The molecule has 3 aromatic rings. The lowest BCUT2D eigenvalue weighted by Crippen LogP contribution is -2.05. The minimum atomic E-state index is -0.995. The van der Waals surface area contributed by atoms with Crippen molar-refractivity contribution in [3.63, 3.8) is 0 Å². The van der Waals surface area contributed by atoms with Crippen molar-refractivity contribution in [2.75, 3.05) is 0 Å². The number of para-hydroxylation sites is 2. The molecular formula is C18H15NO3. The van der Waals surface area contributed by atoms with Crippen molar-refractivity contribution in [3.05, 3.63) is 71.4 Å². The Morgan fingerprint density at radius 3 is 2.73 bits per heavy atom. The van der Waals surface area contributed by atoms with Crippen molar-refractivity contribution < 1.29 is 14.6 Å². The molecular weight excluding hydrogens is 278 g/mol. The average molecular weight is 293 g/mol. The number of carboxylic acid groups (broad SMARTS) is 1. The summed E-state index contributed by atoms with van der Waals surface area (Å²) in [6, 6.07) is 16.8. The molecule has 1 aromatic heterocycles. The maximum absolute atomic E-state index is 11.3. The second-order valence-electron chi connectivity index (χ2n) is 5.04. The van der Waals surface area contributed by atoms with Gasteiger partial charge in [0.1, 0.15) is 17.9 Å². The molecule has 0 fully saturated rings. The maximum Gasteiger partial charge on any atom is 0.339 e. The van der Waals surface area contributed by atoms with Gasteiger partial charge in [-0.2, -0.15) is 0 Å². The second-order valence-corrected chi connectivity index (χ2v) is 5.04. The number of aromatic carboxylic acids is 1. The van der Waals surface area contributed by atoms with Gasteiger partial charge in [-0.05, 0) is 30.7 Å². The fourth-order valence-corrected chi connectivity index (χ4v) is 2.35. The normalized spacial score (nSPS) is 10.6. The summed E-state index contributed by atoms with van der Waals surface area (Å²) in [5.74, 6) is -0.602. The molecule has 0 unspecified atom stereocenters. The lowest BCUT2D eigenvalue weighted by Gasteiger charge is -2.12. The standard InChI is InChI=1S/C18H15NO3/c1-12-5-4-7-15(18(20)21)17(12)22-11-14-10-9-13-6-2-3-8-16(13)19-14/h2-10H,11H2,1H3,(H,20,21). The fraction of sp³-hybridized carbons (Fsp3) is 0.111. The van der Waals surface area contributed by atoms with Crippen LogP contribution in [0.2, 0.25) is 0 Å². The van der Waals surface area contributed by atoms with Gasteiger partial charge in [-0.15, -0.1) is 0 Å². The van der Waals surface area contributed by atoms with E-state index in [4.69, 9.17) is 4.74 Å². The lowest BCUT2D eigenvalue weighted by atomic mass is 10.1. The molecule has 1 heterocycles. The number of benzene rings is 2. The Labute approximate surface area is 128 Å².